The van der Waals surface area contributed by atoms with Gasteiger partial charge >= 0.3 is 0 Å². The second-order valence-electron chi connectivity index (χ2n) is 2.13. The normalized spacial score (nSPS) is 34.7. The first-order valence-electron chi connectivity index (χ1n) is 2.82. The van der Waals surface area contributed by atoms with E-state index >= 15 is 0 Å². The van der Waals surface area contributed by atoms with E-state index in [0.29, 0.717) is 0 Å². The summed E-state index contributed by atoms with van der Waals surface area (Å²) in [5.74, 6) is -0.193. The Hall–Kier alpha value is -0.610. The Labute approximate surface area is 52.5 Å². The maximum absolute atomic E-state index is 10.4. The minimum absolute atomic E-state index is 0.116. The predicted octanol–water partition coefficient (Wildman–Crippen LogP) is -1.77. The average Bonchev–Trinajstić information content (AvgIpc) is 2.10. The van der Waals surface area contributed by atoms with E-state index in [0.717, 1.165) is 0 Å². The number of carbonyl (C=O) groups is 1. The van der Waals surface area contributed by atoms with Crippen molar-refractivity contribution in [3.05, 3.63) is 0 Å². The van der Waals surface area contributed by atoms with Crippen molar-refractivity contribution < 1.29 is 15.0 Å². The van der Waals surface area contributed by atoms with Crippen molar-refractivity contribution in [3.63, 3.8) is 0 Å². The highest BCUT2D eigenvalue weighted by Gasteiger charge is 2.29. The van der Waals surface area contributed by atoms with Crippen LogP contribution in [0, 0.1) is 0 Å². The minimum atomic E-state index is -0.706. The fourth-order valence-corrected chi connectivity index (χ4v) is 0.861. The molecule has 4 heteroatoms. The van der Waals surface area contributed by atoms with Gasteiger partial charge in [-0.1, -0.05) is 0 Å². The van der Waals surface area contributed by atoms with Gasteiger partial charge in [-0.15, -0.1) is 0 Å². The van der Waals surface area contributed by atoms with Crippen molar-refractivity contribution in [1.82, 2.24) is 5.32 Å². The summed E-state index contributed by atoms with van der Waals surface area (Å²) in [7, 11) is 0. The van der Waals surface area contributed by atoms with Crippen LogP contribution in [-0.4, -0.2) is 34.9 Å². The van der Waals surface area contributed by atoms with Gasteiger partial charge < -0.3 is 15.5 Å². The number of rotatable bonds is 1. The molecule has 0 spiro atoms. The van der Waals surface area contributed by atoms with Crippen molar-refractivity contribution >= 4 is 5.91 Å². The summed E-state index contributed by atoms with van der Waals surface area (Å²) in [6.45, 7) is -0.188. The lowest BCUT2D eigenvalue weighted by Gasteiger charge is -2.08. The maximum Gasteiger partial charge on any atom is 0.223 e. The molecule has 4 nitrogen and oxygen atoms in total. The Morgan fingerprint density at radius 3 is 2.67 bits per heavy atom. The number of nitrogens with one attached hydrogen (secondary N) is 1. The molecule has 9 heavy (non-hydrogen) atoms. The smallest absolute Gasteiger partial charge is 0.223 e. The predicted molar refractivity (Wildman–Crippen MR) is 29.6 cm³/mol. The van der Waals surface area contributed by atoms with Gasteiger partial charge in [-0.3, -0.25) is 4.79 Å². The Kier molecular flexibility index (Phi) is 1.68. The van der Waals surface area contributed by atoms with E-state index in [9.17, 15) is 4.79 Å². The molecule has 1 heterocycles. The van der Waals surface area contributed by atoms with Gasteiger partial charge in [0.2, 0.25) is 5.91 Å². The molecule has 1 rings (SSSR count). The number of aliphatic hydroxyl groups is 2. The molecule has 2 atom stereocenters. The summed E-state index contributed by atoms with van der Waals surface area (Å²) in [5.41, 5.74) is 0. The SMILES string of the molecule is O=C1C[C@@H](O)[C@H](CO)N1. The molecular weight excluding hydrogens is 122 g/mol. The third kappa shape index (κ3) is 1.20. The van der Waals surface area contributed by atoms with Crippen LogP contribution in [0.25, 0.3) is 0 Å². The first kappa shape index (κ1) is 6.51. The number of hydrogen-bond acceptors (Lipinski definition) is 3. The van der Waals surface area contributed by atoms with Crippen molar-refractivity contribution in [3.8, 4) is 0 Å². The Bertz CT molecular complexity index is 125. The topological polar surface area (TPSA) is 69.6 Å². The quantitative estimate of drug-likeness (QED) is 0.394. The average molecular weight is 131 g/mol. The van der Waals surface area contributed by atoms with Gasteiger partial charge in [0.05, 0.1) is 25.2 Å². The van der Waals surface area contributed by atoms with E-state index in [2.05, 4.69) is 5.32 Å². The first-order chi connectivity index (χ1) is 4.24. The third-order valence-corrected chi connectivity index (χ3v) is 1.40. The van der Waals surface area contributed by atoms with E-state index in [4.69, 9.17) is 10.2 Å². The monoisotopic (exact) mass is 131 g/mol. The van der Waals surface area contributed by atoms with Crippen molar-refractivity contribution in [2.45, 2.75) is 18.6 Å². The standard InChI is InChI=1S/C5H9NO3/c7-2-3-4(8)1-5(9)6-3/h3-4,7-8H,1-2H2,(H,6,9)/t3-,4+/m0/s1. The van der Waals surface area contributed by atoms with Gasteiger partial charge in [0, 0.05) is 0 Å². The second-order valence-corrected chi connectivity index (χ2v) is 2.13. The number of aliphatic hydroxyl groups excluding tert-OH is 2. The second kappa shape index (κ2) is 2.33. The van der Waals surface area contributed by atoms with E-state index in [1.807, 2.05) is 0 Å². The van der Waals surface area contributed by atoms with Crippen molar-refractivity contribution in [2.75, 3.05) is 6.61 Å². The molecule has 52 valence electrons. The van der Waals surface area contributed by atoms with E-state index in [1.165, 1.54) is 0 Å². The maximum atomic E-state index is 10.4. The molecule has 0 aliphatic carbocycles. The number of hydrogen-bond donors (Lipinski definition) is 3. The van der Waals surface area contributed by atoms with E-state index in [1.54, 1.807) is 0 Å². The highest BCUT2D eigenvalue weighted by atomic mass is 16.3. The van der Waals surface area contributed by atoms with E-state index < -0.39 is 12.1 Å². The van der Waals surface area contributed by atoms with Crippen molar-refractivity contribution in [2.24, 2.45) is 0 Å². The highest BCUT2D eigenvalue weighted by Crippen LogP contribution is 2.06. The summed E-state index contributed by atoms with van der Waals surface area (Å²) in [5, 5.41) is 19.8. The number of amides is 1. The molecule has 1 saturated heterocycles. The molecule has 0 radical (unpaired) electrons. The summed E-state index contributed by atoms with van der Waals surface area (Å²) < 4.78 is 0. The summed E-state index contributed by atoms with van der Waals surface area (Å²) in [6, 6.07) is -0.447. The van der Waals surface area contributed by atoms with Crippen LogP contribution in [0.15, 0.2) is 0 Å². The number of carbonyl (C=O) groups excluding carboxylic acids is 1. The van der Waals surface area contributed by atoms with Gasteiger partial charge in [0.15, 0.2) is 0 Å². The molecule has 1 amide bonds. The van der Waals surface area contributed by atoms with Crippen LogP contribution in [0.5, 0.6) is 0 Å². The van der Waals surface area contributed by atoms with Gasteiger partial charge in [-0.2, -0.15) is 0 Å². The third-order valence-electron chi connectivity index (χ3n) is 1.40. The van der Waals surface area contributed by atoms with Crippen LogP contribution in [0.2, 0.25) is 0 Å². The van der Waals surface area contributed by atoms with E-state index in [-0.39, 0.29) is 18.9 Å². The zero-order chi connectivity index (χ0) is 6.85. The van der Waals surface area contributed by atoms with Crippen LogP contribution in [0.4, 0.5) is 0 Å². The molecular formula is C5H9NO3. The fourth-order valence-electron chi connectivity index (χ4n) is 0.861. The zero-order valence-corrected chi connectivity index (χ0v) is 4.87. The van der Waals surface area contributed by atoms with Gasteiger partial charge in [-0.25, -0.2) is 0 Å². The van der Waals surface area contributed by atoms with Crippen LogP contribution < -0.4 is 5.32 Å². The van der Waals surface area contributed by atoms with Crippen LogP contribution in [0.3, 0.4) is 0 Å². The molecule has 0 aromatic heterocycles. The lowest BCUT2D eigenvalue weighted by molar-refractivity contribution is -0.119. The van der Waals surface area contributed by atoms with Crippen LogP contribution in [-0.2, 0) is 4.79 Å². The highest BCUT2D eigenvalue weighted by molar-refractivity contribution is 5.79. The molecule has 0 saturated carbocycles. The Morgan fingerprint density at radius 2 is 2.44 bits per heavy atom. The lowest BCUT2D eigenvalue weighted by atomic mass is 10.2. The molecule has 1 aliphatic rings. The lowest BCUT2D eigenvalue weighted by Crippen LogP contribution is -2.34. The minimum Gasteiger partial charge on any atom is -0.394 e. The zero-order valence-electron chi connectivity index (χ0n) is 4.87. The first-order valence-corrected chi connectivity index (χ1v) is 2.82. The molecule has 1 fully saturated rings. The fraction of sp³-hybridized carbons (Fsp3) is 0.800. The molecule has 1 aliphatic heterocycles. The molecule has 0 aromatic carbocycles. The summed E-state index contributed by atoms with van der Waals surface area (Å²) in [6.07, 6.45) is -0.590. The summed E-state index contributed by atoms with van der Waals surface area (Å²) in [4.78, 5) is 10.4. The van der Waals surface area contributed by atoms with Crippen molar-refractivity contribution in [1.29, 1.82) is 0 Å². The van der Waals surface area contributed by atoms with Gasteiger partial charge in [0.25, 0.3) is 0 Å². The largest absolute Gasteiger partial charge is 0.394 e. The van der Waals surface area contributed by atoms with Gasteiger partial charge in [0.1, 0.15) is 0 Å². The Balaban J connectivity index is 2.47. The van der Waals surface area contributed by atoms with Gasteiger partial charge in [-0.05, 0) is 0 Å². The summed E-state index contributed by atoms with van der Waals surface area (Å²) >= 11 is 0. The van der Waals surface area contributed by atoms with Crippen LogP contribution in [0.1, 0.15) is 6.42 Å². The van der Waals surface area contributed by atoms with Crippen LogP contribution >= 0.6 is 0 Å². The molecule has 0 unspecified atom stereocenters. The molecule has 3 N–H and O–H groups in total. The Morgan fingerprint density at radius 1 is 1.78 bits per heavy atom. The molecule has 0 aromatic rings. The molecule has 0 bridgehead atoms.